The number of ether oxygens (including phenoxy) is 1. The van der Waals surface area contributed by atoms with Gasteiger partial charge in [-0.05, 0) is 75.3 Å². The van der Waals surface area contributed by atoms with Crippen molar-refractivity contribution < 1.29 is 41.1 Å². The lowest BCUT2D eigenvalue weighted by Gasteiger charge is -2.30. The lowest BCUT2D eigenvalue weighted by Crippen LogP contribution is -2.58. The molecule has 2 aliphatic carbocycles. The van der Waals surface area contributed by atoms with Crippen LogP contribution in [0.1, 0.15) is 80.8 Å². The summed E-state index contributed by atoms with van der Waals surface area (Å²) in [6.45, 7) is 1.73. The second kappa shape index (κ2) is 15.0. The van der Waals surface area contributed by atoms with Gasteiger partial charge in [-0.25, -0.2) is 27.2 Å². The molecule has 2 saturated carbocycles. The number of aromatic nitrogens is 2. The van der Waals surface area contributed by atoms with Crippen LogP contribution >= 0.6 is 0 Å². The smallest absolute Gasteiger partial charge is 0.259 e. The largest absolute Gasteiger partial charge is 0.471 e. The third kappa shape index (κ3) is 7.93. The first-order valence-electron chi connectivity index (χ1n) is 18.4. The van der Waals surface area contributed by atoms with Crippen molar-refractivity contribution in [2.45, 2.75) is 100 Å². The van der Waals surface area contributed by atoms with E-state index in [9.17, 15) is 36.4 Å². The number of benzene rings is 2. The number of nitrogens with one attached hydrogen (secondary N) is 3. The summed E-state index contributed by atoms with van der Waals surface area (Å²) in [6.07, 6.45) is 7.20. The maximum absolute atomic E-state index is 14.5. The first-order valence-corrected chi connectivity index (χ1v) is 20.0. The molecule has 3 heterocycles. The number of halogens is 2. The first kappa shape index (κ1) is 37.3. The van der Waals surface area contributed by atoms with Crippen molar-refractivity contribution in [2.24, 2.45) is 5.92 Å². The van der Waals surface area contributed by atoms with Crippen molar-refractivity contribution in [3.8, 4) is 5.88 Å². The number of hydrogen-bond donors (Lipinski definition) is 3. The lowest BCUT2D eigenvalue weighted by atomic mass is 10.0. The van der Waals surface area contributed by atoms with Crippen LogP contribution in [0, 0.1) is 17.6 Å². The van der Waals surface area contributed by atoms with E-state index in [1.54, 1.807) is 0 Å². The van der Waals surface area contributed by atoms with Crippen LogP contribution in [0.5, 0.6) is 5.88 Å². The molecular weight excluding hydrogens is 723 g/mol. The zero-order valence-corrected chi connectivity index (χ0v) is 30.5. The highest BCUT2D eigenvalue weighted by molar-refractivity contribution is 7.91. The Morgan fingerprint density at radius 3 is 2.57 bits per heavy atom. The maximum Gasteiger partial charge on any atom is 0.259 e. The van der Waals surface area contributed by atoms with Crippen molar-refractivity contribution >= 4 is 44.7 Å². The Morgan fingerprint density at radius 1 is 1.02 bits per heavy atom. The van der Waals surface area contributed by atoms with E-state index in [4.69, 9.17) is 4.74 Å². The fourth-order valence-electron chi connectivity index (χ4n) is 7.25. The molecule has 0 bridgehead atoms. The highest BCUT2D eigenvalue weighted by atomic mass is 32.2. The SMILES string of the molecule is CCc1nc2ccc(F)cc2nc1OC1CC2C(=O)NC3(C(=O)NS(=O)(=O)C4CC4)CC3/C=C\CCCCCC(NC(=O)c3cccc(F)c3)C(=O)N2C1. The Hall–Kier alpha value is -4.99. The Kier molecular flexibility index (Phi) is 10.4. The normalized spacial score (nSPS) is 26.8. The van der Waals surface area contributed by atoms with Crippen LogP contribution in [-0.4, -0.2) is 82.4 Å². The number of allylic oxidation sites excluding steroid dienone is 1. The fourth-order valence-corrected chi connectivity index (χ4v) is 8.61. The highest BCUT2D eigenvalue weighted by Crippen LogP contribution is 2.46. The van der Waals surface area contributed by atoms with Crippen LogP contribution < -0.4 is 20.1 Å². The Bertz CT molecular complexity index is 2130. The van der Waals surface area contributed by atoms with Gasteiger partial charge in [0.05, 0.1) is 22.8 Å². The minimum Gasteiger partial charge on any atom is -0.471 e. The third-order valence-electron chi connectivity index (χ3n) is 10.5. The van der Waals surface area contributed by atoms with E-state index in [1.165, 1.54) is 41.3 Å². The number of carbonyl (C=O) groups excluding carboxylic acids is 4. The summed E-state index contributed by atoms with van der Waals surface area (Å²) in [5, 5.41) is 4.91. The van der Waals surface area contributed by atoms with Crippen molar-refractivity contribution in [3.05, 3.63) is 77.5 Å². The van der Waals surface area contributed by atoms with E-state index < -0.39 is 80.2 Å². The number of nitrogens with zero attached hydrogens (tertiary/aromatic N) is 3. The van der Waals surface area contributed by atoms with Crippen LogP contribution in [-0.2, 0) is 30.8 Å². The zero-order valence-electron chi connectivity index (χ0n) is 29.7. The van der Waals surface area contributed by atoms with Crippen molar-refractivity contribution in [1.82, 2.24) is 30.2 Å². The average Bonchev–Trinajstić information content (AvgIpc) is 4.07. The molecule has 7 rings (SSSR count). The Morgan fingerprint density at radius 2 is 1.81 bits per heavy atom. The predicted molar refractivity (Wildman–Crippen MR) is 192 cm³/mol. The summed E-state index contributed by atoms with van der Waals surface area (Å²) >= 11 is 0. The first-order chi connectivity index (χ1) is 25.9. The molecule has 3 fully saturated rings. The van der Waals surface area contributed by atoms with Crippen LogP contribution in [0.25, 0.3) is 11.0 Å². The molecule has 4 aliphatic rings. The molecule has 1 aromatic heterocycles. The lowest BCUT2D eigenvalue weighted by molar-refractivity contribution is -0.141. The van der Waals surface area contributed by atoms with Crippen molar-refractivity contribution in [2.75, 3.05) is 6.54 Å². The molecule has 0 radical (unpaired) electrons. The molecular formula is C38H42F2N6O7S. The minimum atomic E-state index is -3.93. The van der Waals surface area contributed by atoms with E-state index in [0.29, 0.717) is 49.7 Å². The Labute approximate surface area is 311 Å². The number of sulfonamides is 1. The van der Waals surface area contributed by atoms with Crippen LogP contribution in [0.15, 0.2) is 54.6 Å². The number of amides is 4. The van der Waals surface area contributed by atoms with E-state index in [2.05, 4.69) is 25.3 Å². The molecule has 2 aliphatic heterocycles. The summed E-state index contributed by atoms with van der Waals surface area (Å²) in [6, 6.07) is 6.80. The van der Waals surface area contributed by atoms with Crippen LogP contribution in [0.3, 0.4) is 0 Å². The molecule has 13 nitrogen and oxygen atoms in total. The van der Waals surface area contributed by atoms with Gasteiger partial charge in [0.1, 0.15) is 41.1 Å². The summed E-state index contributed by atoms with van der Waals surface area (Å²) in [5.41, 5.74) is -0.336. The second-order valence-corrected chi connectivity index (χ2v) is 16.5. The van der Waals surface area contributed by atoms with Gasteiger partial charge in [0, 0.05) is 24.0 Å². The van der Waals surface area contributed by atoms with Crippen molar-refractivity contribution in [3.63, 3.8) is 0 Å². The third-order valence-corrected chi connectivity index (χ3v) is 12.3. The average molecular weight is 765 g/mol. The quantitative estimate of drug-likeness (QED) is 0.289. The van der Waals surface area contributed by atoms with E-state index in [-0.39, 0.29) is 42.8 Å². The van der Waals surface area contributed by atoms with Gasteiger partial charge in [-0.2, -0.15) is 0 Å². The molecule has 1 saturated heterocycles. The number of carbonyl (C=O) groups is 4. The van der Waals surface area contributed by atoms with Crippen LogP contribution in [0.2, 0.25) is 0 Å². The molecule has 16 heteroatoms. The number of hydrogen-bond acceptors (Lipinski definition) is 9. The van der Waals surface area contributed by atoms with Crippen LogP contribution in [0.4, 0.5) is 8.78 Å². The van der Waals surface area contributed by atoms with E-state index >= 15 is 0 Å². The molecule has 286 valence electrons. The van der Waals surface area contributed by atoms with Gasteiger partial charge in [-0.1, -0.05) is 38.0 Å². The summed E-state index contributed by atoms with van der Waals surface area (Å²) < 4.78 is 62.3. The molecule has 3 aromatic rings. The van der Waals surface area contributed by atoms with Gasteiger partial charge in [-0.3, -0.25) is 23.9 Å². The summed E-state index contributed by atoms with van der Waals surface area (Å²) in [4.78, 5) is 66.3. The maximum atomic E-state index is 14.5. The van der Waals surface area contributed by atoms with Gasteiger partial charge in [0.2, 0.25) is 27.7 Å². The number of aryl methyl sites for hydroxylation is 1. The van der Waals surface area contributed by atoms with Gasteiger partial charge >= 0.3 is 0 Å². The monoisotopic (exact) mass is 764 g/mol. The highest BCUT2D eigenvalue weighted by Gasteiger charge is 2.62. The molecule has 5 atom stereocenters. The van der Waals surface area contributed by atoms with Crippen molar-refractivity contribution in [1.29, 1.82) is 0 Å². The number of rotatable bonds is 8. The van der Waals surface area contributed by atoms with Gasteiger partial charge in [0.15, 0.2) is 0 Å². The molecule has 54 heavy (non-hydrogen) atoms. The number of fused-ring (bicyclic) bond motifs is 3. The molecule has 2 aromatic carbocycles. The summed E-state index contributed by atoms with van der Waals surface area (Å²) in [5.74, 6) is -4.27. The van der Waals surface area contributed by atoms with Gasteiger partial charge in [-0.15, -0.1) is 0 Å². The topological polar surface area (TPSA) is 177 Å². The summed E-state index contributed by atoms with van der Waals surface area (Å²) in [7, 11) is -3.93. The zero-order chi connectivity index (χ0) is 38.2. The van der Waals surface area contributed by atoms with Gasteiger partial charge in [0.25, 0.3) is 11.8 Å². The molecule has 3 N–H and O–H groups in total. The molecule has 0 spiro atoms. The molecule has 5 unspecified atom stereocenters. The minimum absolute atomic E-state index is 0.0213. The molecule has 4 amide bonds. The predicted octanol–water partition coefficient (Wildman–Crippen LogP) is 3.62. The fraction of sp³-hybridized carbons (Fsp3) is 0.474. The second-order valence-electron chi connectivity index (χ2n) is 14.5. The Balaban J connectivity index is 1.21. The standard InChI is InChI=1S/C38H42F2N6O7S/c1-2-28-35(43-31-18-25(40)13-16-29(31)41-28)53-26-19-32-34(48)44-38(37(50)45-54(51,52)27-14-15-27)20-23(38)10-6-4-3-5-7-12-30(36(49)46(32)21-26)42-33(47)22-9-8-11-24(39)17-22/h6,8-11,13,16-18,23,26-27,30,32H,2-5,7,12,14-15,19-21H2,1H3,(H,42,47)(H,44,48)(H,45,50)/b10-6-. The van der Waals surface area contributed by atoms with E-state index in [1.807, 2.05) is 19.1 Å². The van der Waals surface area contributed by atoms with E-state index in [0.717, 1.165) is 12.5 Å². The van der Waals surface area contributed by atoms with Gasteiger partial charge < -0.3 is 20.3 Å².